The van der Waals surface area contributed by atoms with Gasteiger partial charge in [-0.25, -0.2) is 0 Å². The van der Waals surface area contributed by atoms with Crippen molar-refractivity contribution in [2.24, 2.45) is 0 Å². The van der Waals surface area contributed by atoms with Gasteiger partial charge in [-0.3, -0.25) is 9.59 Å². The first-order chi connectivity index (χ1) is 12.9. The summed E-state index contributed by atoms with van der Waals surface area (Å²) in [5.41, 5.74) is 2.82. The van der Waals surface area contributed by atoms with E-state index in [9.17, 15) is 9.59 Å². The summed E-state index contributed by atoms with van der Waals surface area (Å²) >= 11 is 0. The van der Waals surface area contributed by atoms with Crippen molar-refractivity contribution in [3.8, 4) is 11.5 Å². The molecule has 27 heavy (non-hydrogen) atoms. The summed E-state index contributed by atoms with van der Waals surface area (Å²) in [6.45, 7) is 6.71. The number of hydrogen-bond acceptors (Lipinski definition) is 4. The summed E-state index contributed by atoms with van der Waals surface area (Å²) in [6, 6.07) is 13.1. The molecule has 0 atom stereocenters. The molecule has 0 saturated carbocycles. The molecule has 0 aromatic heterocycles. The van der Waals surface area contributed by atoms with Crippen LogP contribution < -0.4 is 9.47 Å². The van der Waals surface area contributed by atoms with Crippen LogP contribution in [-0.2, 0) is 11.3 Å². The topological polar surface area (TPSA) is 55.8 Å². The quantitative estimate of drug-likeness (QED) is 0.627. The summed E-state index contributed by atoms with van der Waals surface area (Å²) < 4.78 is 11.0. The Bertz CT molecular complexity index is 783. The second-order valence-electron chi connectivity index (χ2n) is 6.51. The maximum absolute atomic E-state index is 12.7. The van der Waals surface area contributed by atoms with Gasteiger partial charge in [0.1, 0.15) is 0 Å². The van der Waals surface area contributed by atoms with E-state index < -0.39 is 0 Å². The molecule has 0 aliphatic rings. The highest BCUT2D eigenvalue weighted by Gasteiger charge is 2.16. The number of carbonyl (C=O) groups is 2. The van der Waals surface area contributed by atoms with Crippen molar-refractivity contribution in [1.29, 1.82) is 0 Å². The third-order valence-corrected chi connectivity index (χ3v) is 4.26. The third kappa shape index (κ3) is 5.84. The number of Topliss-reactive ketones (excluding diaryl/α,β-unsaturated/α-hetero) is 1. The van der Waals surface area contributed by atoms with E-state index in [1.807, 2.05) is 38.1 Å². The van der Waals surface area contributed by atoms with Crippen LogP contribution in [0.25, 0.3) is 0 Å². The molecule has 0 heterocycles. The first kappa shape index (κ1) is 20.5. The predicted octanol–water partition coefficient (Wildman–Crippen LogP) is 4.02. The molecule has 5 heteroatoms. The number of benzene rings is 2. The molecule has 0 radical (unpaired) electrons. The Morgan fingerprint density at radius 2 is 1.74 bits per heavy atom. The molecular formula is C22H27NO4. The number of aryl methyl sites for hydroxylation is 1. The van der Waals surface area contributed by atoms with E-state index in [0.29, 0.717) is 30.2 Å². The van der Waals surface area contributed by atoms with Gasteiger partial charge in [-0.05, 0) is 44.0 Å². The second kappa shape index (κ2) is 9.76. The minimum atomic E-state index is -0.0878. The Morgan fingerprint density at radius 3 is 2.33 bits per heavy atom. The fourth-order valence-electron chi connectivity index (χ4n) is 2.71. The molecule has 0 N–H and O–H groups in total. The highest BCUT2D eigenvalue weighted by Crippen LogP contribution is 2.28. The molecule has 2 aromatic rings. The van der Waals surface area contributed by atoms with Gasteiger partial charge < -0.3 is 14.4 Å². The Hall–Kier alpha value is -2.82. The standard InChI is InChI=1S/C22H27NO4/c1-5-12-23(14-18-8-6-16(2)7-9-18)22(25)15-27-20-11-10-19(17(3)24)13-21(20)26-4/h6-11,13H,5,12,14-15H2,1-4H3. The molecule has 0 aliphatic heterocycles. The number of carbonyl (C=O) groups excluding carboxylic acids is 2. The zero-order chi connectivity index (χ0) is 19.8. The van der Waals surface area contributed by atoms with E-state index >= 15 is 0 Å². The molecule has 0 saturated heterocycles. The monoisotopic (exact) mass is 369 g/mol. The van der Waals surface area contributed by atoms with Crippen molar-refractivity contribution in [3.63, 3.8) is 0 Å². The Labute approximate surface area is 160 Å². The molecule has 0 fully saturated rings. The Kier molecular flexibility index (Phi) is 7.41. The van der Waals surface area contributed by atoms with E-state index in [1.165, 1.54) is 19.6 Å². The fraction of sp³-hybridized carbons (Fsp3) is 0.364. The molecule has 1 amide bonds. The van der Waals surface area contributed by atoms with E-state index in [4.69, 9.17) is 9.47 Å². The van der Waals surface area contributed by atoms with Crippen LogP contribution in [0.1, 0.15) is 41.8 Å². The average molecular weight is 369 g/mol. The van der Waals surface area contributed by atoms with Gasteiger partial charge in [-0.2, -0.15) is 0 Å². The number of rotatable bonds is 9. The SMILES string of the molecule is CCCN(Cc1ccc(C)cc1)C(=O)COc1ccc(C(C)=O)cc1OC. The minimum absolute atomic E-state index is 0.0526. The van der Waals surface area contributed by atoms with Crippen LogP contribution in [0.2, 0.25) is 0 Å². The highest BCUT2D eigenvalue weighted by molar-refractivity contribution is 5.94. The Balaban J connectivity index is 2.04. The van der Waals surface area contributed by atoms with Crippen LogP contribution >= 0.6 is 0 Å². The molecule has 0 bridgehead atoms. The third-order valence-electron chi connectivity index (χ3n) is 4.26. The number of nitrogens with zero attached hydrogens (tertiary/aromatic N) is 1. The minimum Gasteiger partial charge on any atom is -0.493 e. The number of methoxy groups -OCH3 is 1. The summed E-state index contributed by atoms with van der Waals surface area (Å²) in [4.78, 5) is 25.9. The molecule has 5 nitrogen and oxygen atoms in total. The van der Waals surface area contributed by atoms with E-state index in [1.54, 1.807) is 23.1 Å². The molecule has 0 unspecified atom stereocenters. The zero-order valence-electron chi connectivity index (χ0n) is 16.5. The van der Waals surface area contributed by atoms with Crippen LogP contribution in [0.4, 0.5) is 0 Å². The van der Waals surface area contributed by atoms with E-state index in [2.05, 4.69) is 0 Å². The summed E-state index contributed by atoms with van der Waals surface area (Å²) in [5, 5.41) is 0. The molecular weight excluding hydrogens is 342 g/mol. The largest absolute Gasteiger partial charge is 0.493 e. The van der Waals surface area contributed by atoms with Crippen LogP contribution in [0, 0.1) is 6.92 Å². The van der Waals surface area contributed by atoms with Crippen molar-refractivity contribution < 1.29 is 19.1 Å². The number of hydrogen-bond donors (Lipinski definition) is 0. The van der Waals surface area contributed by atoms with Crippen molar-refractivity contribution >= 4 is 11.7 Å². The van der Waals surface area contributed by atoms with Crippen molar-refractivity contribution in [1.82, 2.24) is 4.90 Å². The van der Waals surface area contributed by atoms with E-state index in [0.717, 1.165) is 12.0 Å². The lowest BCUT2D eigenvalue weighted by atomic mass is 10.1. The van der Waals surface area contributed by atoms with Gasteiger partial charge in [0.25, 0.3) is 5.91 Å². The Morgan fingerprint density at radius 1 is 1.04 bits per heavy atom. The van der Waals surface area contributed by atoms with Gasteiger partial charge in [-0.15, -0.1) is 0 Å². The fourth-order valence-corrected chi connectivity index (χ4v) is 2.71. The van der Waals surface area contributed by atoms with Crippen LogP contribution in [-0.4, -0.2) is 36.9 Å². The van der Waals surface area contributed by atoms with Crippen LogP contribution in [0.3, 0.4) is 0 Å². The van der Waals surface area contributed by atoms with Crippen molar-refractivity contribution in [2.45, 2.75) is 33.7 Å². The average Bonchev–Trinajstić information content (AvgIpc) is 2.67. The number of ketones is 1. The van der Waals surface area contributed by atoms with Gasteiger partial charge in [-0.1, -0.05) is 36.8 Å². The van der Waals surface area contributed by atoms with Crippen LogP contribution in [0.15, 0.2) is 42.5 Å². The smallest absolute Gasteiger partial charge is 0.260 e. The van der Waals surface area contributed by atoms with Gasteiger partial charge >= 0.3 is 0 Å². The highest BCUT2D eigenvalue weighted by atomic mass is 16.5. The van der Waals surface area contributed by atoms with Gasteiger partial charge in [0, 0.05) is 18.7 Å². The lowest BCUT2D eigenvalue weighted by Crippen LogP contribution is -2.35. The van der Waals surface area contributed by atoms with Gasteiger partial charge in [0.2, 0.25) is 0 Å². The molecule has 2 rings (SSSR count). The summed E-state index contributed by atoms with van der Waals surface area (Å²) in [6.07, 6.45) is 0.869. The lowest BCUT2D eigenvalue weighted by molar-refractivity contribution is -0.134. The number of ether oxygens (including phenoxy) is 2. The molecule has 0 spiro atoms. The van der Waals surface area contributed by atoms with Crippen LogP contribution in [0.5, 0.6) is 11.5 Å². The number of amides is 1. The van der Waals surface area contributed by atoms with Crippen molar-refractivity contribution in [3.05, 3.63) is 59.2 Å². The molecule has 144 valence electrons. The normalized spacial score (nSPS) is 10.4. The first-order valence-corrected chi connectivity index (χ1v) is 9.09. The lowest BCUT2D eigenvalue weighted by Gasteiger charge is -2.23. The maximum Gasteiger partial charge on any atom is 0.260 e. The van der Waals surface area contributed by atoms with Crippen molar-refractivity contribution in [2.75, 3.05) is 20.3 Å². The summed E-state index contributed by atoms with van der Waals surface area (Å²) in [7, 11) is 1.51. The first-order valence-electron chi connectivity index (χ1n) is 9.09. The van der Waals surface area contributed by atoms with Gasteiger partial charge in [0.05, 0.1) is 7.11 Å². The second-order valence-corrected chi connectivity index (χ2v) is 6.51. The molecule has 2 aromatic carbocycles. The summed E-state index contributed by atoms with van der Waals surface area (Å²) in [5.74, 6) is 0.747. The molecule has 0 aliphatic carbocycles. The van der Waals surface area contributed by atoms with E-state index in [-0.39, 0.29) is 18.3 Å². The maximum atomic E-state index is 12.7. The zero-order valence-corrected chi connectivity index (χ0v) is 16.5. The predicted molar refractivity (Wildman–Crippen MR) is 105 cm³/mol. The van der Waals surface area contributed by atoms with Gasteiger partial charge in [0.15, 0.2) is 23.9 Å².